The van der Waals surface area contributed by atoms with Gasteiger partial charge in [0.1, 0.15) is 23.4 Å². The van der Waals surface area contributed by atoms with E-state index in [0.29, 0.717) is 12.2 Å². The number of carbonyl (C=O) groups is 1. The first-order valence-corrected chi connectivity index (χ1v) is 6.00. The molecule has 2 rings (SSSR count). The van der Waals surface area contributed by atoms with Crippen LogP contribution in [-0.2, 0) is 6.42 Å². The van der Waals surface area contributed by atoms with Gasteiger partial charge in [0.05, 0.1) is 4.92 Å². The van der Waals surface area contributed by atoms with E-state index in [0.717, 1.165) is 0 Å². The smallest absolute Gasteiger partial charge is 0.306 e. The van der Waals surface area contributed by atoms with Crippen LogP contribution in [0, 0.1) is 10.1 Å². The predicted molar refractivity (Wildman–Crippen MR) is 73.3 cm³/mol. The summed E-state index contributed by atoms with van der Waals surface area (Å²) in [4.78, 5) is 26.4. The average Bonchev–Trinajstić information content (AvgIpc) is 2.99. The molecule has 0 radical (unpaired) electrons. The number of rotatable bonds is 6. The first-order chi connectivity index (χ1) is 10.1. The normalized spacial score (nSPS) is 10.1. The molecule has 0 bridgehead atoms. The highest BCUT2D eigenvalue weighted by atomic mass is 16.6. The molecule has 1 heterocycles. The van der Waals surface area contributed by atoms with Crippen molar-refractivity contribution in [3.8, 4) is 0 Å². The van der Waals surface area contributed by atoms with Crippen LogP contribution >= 0.6 is 0 Å². The van der Waals surface area contributed by atoms with E-state index in [2.05, 4.69) is 25.9 Å². The second kappa shape index (κ2) is 6.43. The van der Waals surface area contributed by atoms with Gasteiger partial charge in [0.2, 0.25) is 0 Å². The molecule has 0 saturated carbocycles. The minimum atomic E-state index is -0.652. The van der Waals surface area contributed by atoms with Gasteiger partial charge >= 0.3 is 5.69 Å². The lowest BCUT2D eigenvalue weighted by molar-refractivity contribution is -0.384. The van der Waals surface area contributed by atoms with Gasteiger partial charge in [-0.15, -0.1) is 0 Å². The fourth-order valence-corrected chi connectivity index (χ4v) is 1.78. The van der Waals surface area contributed by atoms with Crippen LogP contribution in [-0.4, -0.2) is 32.6 Å². The highest BCUT2D eigenvalue weighted by molar-refractivity contribution is 6.00. The van der Waals surface area contributed by atoms with Gasteiger partial charge in [-0.2, -0.15) is 5.10 Å². The van der Waals surface area contributed by atoms with E-state index in [1.54, 1.807) is 0 Å². The molecule has 0 aliphatic carbocycles. The van der Waals surface area contributed by atoms with E-state index < -0.39 is 10.8 Å². The highest BCUT2D eigenvalue weighted by Crippen LogP contribution is 2.27. The third-order valence-electron chi connectivity index (χ3n) is 2.73. The van der Waals surface area contributed by atoms with E-state index >= 15 is 0 Å². The lowest BCUT2D eigenvalue weighted by atomic mass is 10.1. The number of hydrogen-bond donors (Lipinski definition) is 4. The molecule has 5 N–H and O–H groups in total. The number of anilines is 1. The van der Waals surface area contributed by atoms with Gasteiger partial charge in [0, 0.05) is 13.0 Å². The number of H-pyrrole nitrogens is 1. The van der Waals surface area contributed by atoms with Crippen LogP contribution in [0.4, 0.5) is 11.4 Å². The number of amides is 1. The molecule has 0 spiro atoms. The molecule has 0 unspecified atom stereocenters. The van der Waals surface area contributed by atoms with E-state index in [1.165, 1.54) is 24.5 Å². The molecule has 0 saturated heterocycles. The zero-order valence-corrected chi connectivity index (χ0v) is 10.9. The molecule has 1 amide bonds. The van der Waals surface area contributed by atoms with Crippen molar-refractivity contribution in [3.05, 3.63) is 46.0 Å². The summed E-state index contributed by atoms with van der Waals surface area (Å²) in [6.07, 6.45) is 1.80. The highest BCUT2D eigenvalue weighted by Gasteiger charge is 2.23. The van der Waals surface area contributed by atoms with Crippen molar-refractivity contribution in [2.75, 3.05) is 12.0 Å². The van der Waals surface area contributed by atoms with Crippen molar-refractivity contribution in [1.29, 1.82) is 0 Å². The summed E-state index contributed by atoms with van der Waals surface area (Å²) in [5.41, 5.74) is 1.85. The number of carbonyl (C=O) groups excluding carboxylic acids is 1. The van der Waals surface area contributed by atoms with Gasteiger partial charge < -0.3 is 10.7 Å². The Bertz CT molecular complexity index is 641. The Hall–Kier alpha value is -3.01. The van der Waals surface area contributed by atoms with Crippen LogP contribution in [0.15, 0.2) is 24.5 Å². The maximum atomic E-state index is 12.0. The van der Waals surface area contributed by atoms with Gasteiger partial charge in [-0.05, 0) is 12.1 Å². The fourth-order valence-electron chi connectivity index (χ4n) is 1.78. The Labute approximate surface area is 118 Å². The summed E-state index contributed by atoms with van der Waals surface area (Å²) < 4.78 is 0. The SMILES string of the molecule is NNc1cccc(C(=O)NCCc2ncn[nH]2)c1[N+](=O)[O-]. The van der Waals surface area contributed by atoms with Crippen LogP contribution in [0.2, 0.25) is 0 Å². The Balaban J connectivity index is 2.10. The number of aromatic amines is 1. The second-order valence-electron chi connectivity index (χ2n) is 4.04. The molecule has 0 atom stereocenters. The standard InChI is InChI=1S/C11H13N7O3/c12-16-8-3-1-2-7(10(8)18(20)21)11(19)13-5-4-9-14-6-15-17-9/h1-3,6,16H,4-5,12H2,(H,13,19)(H,14,15,17). The molecular weight excluding hydrogens is 278 g/mol. The monoisotopic (exact) mass is 291 g/mol. The Morgan fingerprint density at radius 2 is 2.29 bits per heavy atom. The third-order valence-corrected chi connectivity index (χ3v) is 2.73. The number of hydrogen-bond acceptors (Lipinski definition) is 7. The van der Waals surface area contributed by atoms with Crippen LogP contribution in [0.1, 0.15) is 16.2 Å². The summed E-state index contributed by atoms with van der Waals surface area (Å²) in [5, 5.41) is 20.0. The summed E-state index contributed by atoms with van der Waals surface area (Å²) in [6.45, 7) is 0.269. The largest absolute Gasteiger partial charge is 0.351 e. The quantitative estimate of drug-likeness (QED) is 0.331. The van der Waals surface area contributed by atoms with Gasteiger partial charge in [-0.3, -0.25) is 25.9 Å². The Morgan fingerprint density at radius 3 is 2.90 bits per heavy atom. The minimum Gasteiger partial charge on any atom is -0.351 e. The number of para-hydroxylation sites is 1. The van der Waals surface area contributed by atoms with E-state index in [-0.39, 0.29) is 23.5 Å². The number of aromatic nitrogens is 3. The van der Waals surface area contributed by atoms with Crippen molar-refractivity contribution >= 4 is 17.3 Å². The summed E-state index contributed by atoms with van der Waals surface area (Å²) in [5.74, 6) is 5.27. The lowest BCUT2D eigenvalue weighted by Crippen LogP contribution is -2.27. The molecular formula is C11H13N7O3. The molecule has 10 nitrogen and oxygen atoms in total. The number of nitrogens with zero attached hydrogens (tertiary/aromatic N) is 3. The number of hydrazine groups is 1. The lowest BCUT2D eigenvalue weighted by Gasteiger charge is -2.07. The number of nitrogens with one attached hydrogen (secondary N) is 3. The van der Waals surface area contributed by atoms with Crippen molar-refractivity contribution in [2.45, 2.75) is 6.42 Å². The van der Waals surface area contributed by atoms with E-state index in [9.17, 15) is 14.9 Å². The van der Waals surface area contributed by atoms with E-state index in [1.807, 2.05) is 0 Å². The van der Waals surface area contributed by atoms with Crippen molar-refractivity contribution < 1.29 is 9.72 Å². The summed E-state index contributed by atoms with van der Waals surface area (Å²) in [6, 6.07) is 4.29. The number of benzene rings is 1. The maximum absolute atomic E-state index is 12.0. The molecule has 110 valence electrons. The molecule has 2 aromatic rings. The molecule has 21 heavy (non-hydrogen) atoms. The maximum Gasteiger partial charge on any atom is 0.306 e. The molecule has 1 aromatic carbocycles. The van der Waals surface area contributed by atoms with Gasteiger partial charge in [0.25, 0.3) is 5.91 Å². The molecule has 1 aromatic heterocycles. The van der Waals surface area contributed by atoms with Gasteiger partial charge in [0.15, 0.2) is 0 Å². The molecule has 10 heteroatoms. The van der Waals surface area contributed by atoms with E-state index in [4.69, 9.17) is 5.84 Å². The number of nitrogens with two attached hydrogens (primary N) is 1. The summed E-state index contributed by atoms with van der Waals surface area (Å²) >= 11 is 0. The zero-order valence-electron chi connectivity index (χ0n) is 10.9. The molecule has 0 fully saturated rings. The number of nitrogen functional groups attached to an aromatic ring is 1. The summed E-state index contributed by atoms with van der Waals surface area (Å²) in [7, 11) is 0. The fraction of sp³-hybridized carbons (Fsp3) is 0.182. The van der Waals surface area contributed by atoms with Crippen LogP contribution < -0.4 is 16.6 Å². The second-order valence-corrected chi connectivity index (χ2v) is 4.04. The Kier molecular flexibility index (Phi) is 4.41. The van der Waals surface area contributed by atoms with Crippen LogP contribution in [0.3, 0.4) is 0 Å². The van der Waals surface area contributed by atoms with Crippen molar-refractivity contribution in [1.82, 2.24) is 20.5 Å². The average molecular weight is 291 g/mol. The number of nitro benzene ring substituents is 1. The minimum absolute atomic E-state index is 0.0620. The van der Waals surface area contributed by atoms with Crippen LogP contribution in [0.25, 0.3) is 0 Å². The predicted octanol–water partition coefficient (Wildman–Crippen LogP) is -0.0290. The first kappa shape index (κ1) is 14.4. The van der Waals surface area contributed by atoms with Crippen LogP contribution in [0.5, 0.6) is 0 Å². The Morgan fingerprint density at radius 1 is 1.48 bits per heavy atom. The zero-order chi connectivity index (χ0) is 15.2. The van der Waals surface area contributed by atoms with Gasteiger partial charge in [-0.1, -0.05) is 6.07 Å². The number of nitro groups is 1. The molecule has 0 aliphatic rings. The van der Waals surface area contributed by atoms with Crippen molar-refractivity contribution in [3.63, 3.8) is 0 Å². The van der Waals surface area contributed by atoms with Gasteiger partial charge in [-0.25, -0.2) is 4.98 Å². The first-order valence-electron chi connectivity index (χ1n) is 6.00. The van der Waals surface area contributed by atoms with Crippen molar-refractivity contribution in [2.24, 2.45) is 5.84 Å². The molecule has 0 aliphatic heterocycles. The topological polar surface area (TPSA) is 152 Å². The third kappa shape index (κ3) is 3.30.